The molecule has 0 fully saturated rings. The fourth-order valence-corrected chi connectivity index (χ4v) is 2.47. The van der Waals surface area contributed by atoms with Crippen molar-refractivity contribution in [3.63, 3.8) is 0 Å². The summed E-state index contributed by atoms with van der Waals surface area (Å²) in [6.45, 7) is 2.27. The van der Waals surface area contributed by atoms with E-state index >= 15 is 0 Å². The molecule has 0 amide bonds. The van der Waals surface area contributed by atoms with Gasteiger partial charge in [-0.15, -0.1) is 0 Å². The van der Waals surface area contributed by atoms with Crippen molar-refractivity contribution in [2.45, 2.75) is 19.4 Å². The molecule has 3 nitrogen and oxygen atoms in total. The topological polar surface area (TPSA) is 41.5 Å². The van der Waals surface area contributed by atoms with Gasteiger partial charge in [-0.3, -0.25) is 0 Å². The van der Waals surface area contributed by atoms with Crippen LogP contribution in [0.3, 0.4) is 0 Å². The number of methoxy groups -OCH3 is 1. The van der Waals surface area contributed by atoms with Crippen LogP contribution in [-0.2, 0) is 0 Å². The Morgan fingerprint density at radius 1 is 1.05 bits per heavy atom. The molecule has 3 heteroatoms. The van der Waals surface area contributed by atoms with Crippen LogP contribution in [0.15, 0.2) is 54.6 Å². The molecule has 2 atom stereocenters. The second-order valence-electron chi connectivity index (χ2n) is 5.11. The number of aliphatic hydroxyl groups excluding tert-OH is 1. The fraction of sp³-hybridized carbons (Fsp3) is 0.333. The molecule has 0 saturated heterocycles. The van der Waals surface area contributed by atoms with Crippen molar-refractivity contribution < 1.29 is 9.84 Å². The number of aliphatic hydroxyl groups is 1. The first kappa shape index (κ1) is 15.4. The zero-order valence-electron chi connectivity index (χ0n) is 12.6. The standard InChI is InChI=1S/C18H23NO2/c1-3-14(13-20)18(15-7-5-4-6-8-15)19-16-9-11-17(21-2)12-10-16/h4-12,14,18-20H,3,13H2,1-2H3/t14-,18+/m1/s1. The maximum absolute atomic E-state index is 9.66. The van der Waals surface area contributed by atoms with Crippen molar-refractivity contribution in [1.29, 1.82) is 0 Å². The van der Waals surface area contributed by atoms with Crippen LogP contribution in [0.25, 0.3) is 0 Å². The van der Waals surface area contributed by atoms with E-state index in [1.165, 1.54) is 5.56 Å². The number of ether oxygens (including phenoxy) is 1. The predicted molar refractivity (Wildman–Crippen MR) is 86.7 cm³/mol. The van der Waals surface area contributed by atoms with Gasteiger partial charge in [-0.1, -0.05) is 37.3 Å². The summed E-state index contributed by atoms with van der Waals surface area (Å²) in [5.41, 5.74) is 2.21. The van der Waals surface area contributed by atoms with Crippen LogP contribution in [0.2, 0.25) is 0 Å². The second-order valence-corrected chi connectivity index (χ2v) is 5.11. The highest BCUT2D eigenvalue weighted by atomic mass is 16.5. The Morgan fingerprint density at radius 3 is 2.24 bits per heavy atom. The van der Waals surface area contributed by atoms with E-state index in [-0.39, 0.29) is 18.6 Å². The maximum Gasteiger partial charge on any atom is 0.119 e. The van der Waals surface area contributed by atoms with Gasteiger partial charge < -0.3 is 15.2 Å². The van der Waals surface area contributed by atoms with E-state index < -0.39 is 0 Å². The number of benzene rings is 2. The Bertz CT molecular complexity index is 521. The third kappa shape index (κ3) is 3.99. The van der Waals surface area contributed by atoms with Crippen LogP contribution in [0.4, 0.5) is 5.69 Å². The molecule has 2 aromatic carbocycles. The van der Waals surface area contributed by atoms with Crippen molar-refractivity contribution in [3.8, 4) is 5.75 Å². The van der Waals surface area contributed by atoms with Gasteiger partial charge in [0.05, 0.1) is 13.2 Å². The molecular weight excluding hydrogens is 262 g/mol. The van der Waals surface area contributed by atoms with Crippen molar-refractivity contribution in [1.82, 2.24) is 0 Å². The van der Waals surface area contributed by atoms with E-state index in [1.807, 2.05) is 42.5 Å². The number of hydrogen-bond donors (Lipinski definition) is 2. The molecule has 0 aliphatic carbocycles. The minimum absolute atomic E-state index is 0.0922. The minimum Gasteiger partial charge on any atom is -0.497 e. The molecule has 0 saturated carbocycles. The number of hydrogen-bond acceptors (Lipinski definition) is 3. The lowest BCUT2D eigenvalue weighted by atomic mass is 9.91. The summed E-state index contributed by atoms with van der Waals surface area (Å²) in [7, 11) is 1.66. The Morgan fingerprint density at radius 2 is 1.71 bits per heavy atom. The van der Waals surface area contributed by atoms with Crippen LogP contribution >= 0.6 is 0 Å². The summed E-state index contributed by atoms with van der Waals surface area (Å²) in [5, 5.41) is 13.2. The molecule has 0 aliphatic rings. The smallest absolute Gasteiger partial charge is 0.119 e. The predicted octanol–water partition coefficient (Wildman–Crippen LogP) is 3.87. The van der Waals surface area contributed by atoms with E-state index in [1.54, 1.807) is 7.11 Å². The summed E-state index contributed by atoms with van der Waals surface area (Å²) in [4.78, 5) is 0. The van der Waals surface area contributed by atoms with Crippen LogP contribution in [0.5, 0.6) is 5.75 Å². The van der Waals surface area contributed by atoms with E-state index in [0.29, 0.717) is 0 Å². The first-order chi connectivity index (χ1) is 10.3. The normalized spacial score (nSPS) is 13.5. The number of nitrogens with one attached hydrogen (secondary N) is 1. The van der Waals surface area contributed by atoms with E-state index in [0.717, 1.165) is 17.9 Å². The molecule has 112 valence electrons. The Kier molecular flexibility index (Phi) is 5.64. The summed E-state index contributed by atoms with van der Waals surface area (Å²) >= 11 is 0. The van der Waals surface area contributed by atoms with Gasteiger partial charge in [0, 0.05) is 18.2 Å². The molecule has 2 rings (SSSR count). The zero-order valence-corrected chi connectivity index (χ0v) is 12.6. The van der Waals surface area contributed by atoms with Crippen molar-refractivity contribution in [2.75, 3.05) is 19.0 Å². The largest absolute Gasteiger partial charge is 0.497 e. The van der Waals surface area contributed by atoms with Gasteiger partial charge in [0.25, 0.3) is 0 Å². The van der Waals surface area contributed by atoms with Gasteiger partial charge in [-0.2, -0.15) is 0 Å². The summed E-state index contributed by atoms with van der Waals surface area (Å²) < 4.78 is 5.18. The van der Waals surface area contributed by atoms with Gasteiger partial charge >= 0.3 is 0 Å². The first-order valence-corrected chi connectivity index (χ1v) is 7.34. The lowest BCUT2D eigenvalue weighted by Crippen LogP contribution is -2.23. The van der Waals surface area contributed by atoms with Gasteiger partial charge in [0.15, 0.2) is 0 Å². The van der Waals surface area contributed by atoms with Crippen molar-refractivity contribution in [2.24, 2.45) is 5.92 Å². The van der Waals surface area contributed by atoms with Gasteiger partial charge in [0.2, 0.25) is 0 Å². The molecule has 0 aromatic heterocycles. The van der Waals surface area contributed by atoms with E-state index in [4.69, 9.17) is 4.74 Å². The third-order valence-electron chi connectivity index (χ3n) is 3.80. The number of anilines is 1. The Labute approximate surface area is 126 Å². The lowest BCUT2D eigenvalue weighted by Gasteiger charge is -2.27. The van der Waals surface area contributed by atoms with Crippen molar-refractivity contribution >= 4 is 5.69 Å². The maximum atomic E-state index is 9.66. The molecule has 0 unspecified atom stereocenters. The molecular formula is C18H23NO2. The van der Waals surface area contributed by atoms with Crippen LogP contribution in [-0.4, -0.2) is 18.8 Å². The average Bonchev–Trinajstić information content (AvgIpc) is 2.56. The zero-order chi connectivity index (χ0) is 15.1. The lowest BCUT2D eigenvalue weighted by molar-refractivity contribution is 0.206. The molecule has 0 heterocycles. The molecule has 2 N–H and O–H groups in total. The highest BCUT2D eigenvalue weighted by molar-refractivity contribution is 5.48. The molecule has 21 heavy (non-hydrogen) atoms. The highest BCUT2D eigenvalue weighted by Gasteiger charge is 2.21. The van der Waals surface area contributed by atoms with Crippen LogP contribution < -0.4 is 10.1 Å². The summed E-state index contributed by atoms with van der Waals surface area (Å²) in [6, 6.07) is 18.2. The summed E-state index contributed by atoms with van der Waals surface area (Å²) in [5.74, 6) is 1.01. The van der Waals surface area contributed by atoms with Crippen LogP contribution in [0.1, 0.15) is 24.9 Å². The summed E-state index contributed by atoms with van der Waals surface area (Å²) in [6.07, 6.45) is 0.916. The van der Waals surface area contributed by atoms with Crippen LogP contribution in [0, 0.1) is 5.92 Å². The first-order valence-electron chi connectivity index (χ1n) is 7.34. The van der Waals surface area contributed by atoms with Crippen molar-refractivity contribution in [3.05, 3.63) is 60.2 Å². The highest BCUT2D eigenvalue weighted by Crippen LogP contribution is 2.29. The minimum atomic E-state index is 0.0922. The number of rotatable bonds is 7. The molecule has 0 spiro atoms. The molecule has 0 bridgehead atoms. The second kappa shape index (κ2) is 7.70. The quantitative estimate of drug-likeness (QED) is 0.811. The van der Waals surface area contributed by atoms with E-state index in [2.05, 4.69) is 24.4 Å². The average molecular weight is 285 g/mol. The monoisotopic (exact) mass is 285 g/mol. The van der Waals surface area contributed by atoms with Gasteiger partial charge in [-0.05, 0) is 36.2 Å². The molecule has 0 radical (unpaired) electrons. The SMILES string of the molecule is CC[C@H](CO)[C@H](Nc1ccc(OC)cc1)c1ccccc1. The third-order valence-corrected chi connectivity index (χ3v) is 3.80. The van der Waals surface area contributed by atoms with Gasteiger partial charge in [-0.25, -0.2) is 0 Å². The Balaban J connectivity index is 2.22. The van der Waals surface area contributed by atoms with Gasteiger partial charge in [0.1, 0.15) is 5.75 Å². The fourth-order valence-electron chi connectivity index (χ4n) is 2.47. The molecule has 0 aliphatic heterocycles. The Hall–Kier alpha value is -2.00. The van der Waals surface area contributed by atoms with E-state index in [9.17, 15) is 5.11 Å². The molecule has 2 aromatic rings.